The van der Waals surface area contributed by atoms with Crippen molar-refractivity contribution < 1.29 is 19.1 Å². The fraction of sp³-hybridized carbons (Fsp3) is 0.417. The number of carboxylic acid groups (broad SMARTS) is 1. The number of rotatable bonds is 5. The quantitative estimate of drug-likeness (QED) is 0.751. The molecule has 0 radical (unpaired) electrons. The molecule has 9 nitrogen and oxygen atoms in total. The molecule has 0 aliphatic carbocycles. The van der Waals surface area contributed by atoms with Crippen LogP contribution in [0, 0.1) is 0 Å². The fourth-order valence-corrected chi connectivity index (χ4v) is 1.61. The summed E-state index contributed by atoms with van der Waals surface area (Å²) in [6, 6.07) is -0.559. The SMILES string of the molecule is CC(C)c1nnc([C@H](C)NC(=O)c2nc[nH]c2C(=O)O)o1. The average Bonchev–Trinajstić information content (AvgIpc) is 3.07. The molecule has 0 aliphatic heterocycles. The second kappa shape index (κ2) is 5.73. The van der Waals surface area contributed by atoms with Crippen molar-refractivity contribution in [2.45, 2.75) is 32.7 Å². The molecule has 0 unspecified atom stereocenters. The van der Waals surface area contributed by atoms with Gasteiger partial charge in [0.05, 0.1) is 6.33 Å². The van der Waals surface area contributed by atoms with E-state index in [4.69, 9.17) is 9.52 Å². The van der Waals surface area contributed by atoms with Gasteiger partial charge < -0.3 is 19.8 Å². The van der Waals surface area contributed by atoms with Gasteiger partial charge in [0, 0.05) is 5.92 Å². The van der Waals surface area contributed by atoms with Crippen molar-refractivity contribution in [3.8, 4) is 0 Å². The van der Waals surface area contributed by atoms with E-state index in [1.807, 2.05) is 13.8 Å². The van der Waals surface area contributed by atoms with Crippen LogP contribution in [0.4, 0.5) is 0 Å². The molecular weight excluding hydrogens is 278 g/mol. The number of H-pyrrole nitrogens is 1. The van der Waals surface area contributed by atoms with Crippen molar-refractivity contribution in [2.24, 2.45) is 0 Å². The second-order valence-electron chi connectivity index (χ2n) is 4.76. The Kier molecular flexibility index (Phi) is 4.01. The lowest BCUT2D eigenvalue weighted by Crippen LogP contribution is -2.28. The summed E-state index contributed by atoms with van der Waals surface area (Å²) >= 11 is 0. The zero-order valence-electron chi connectivity index (χ0n) is 11.7. The maximum Gasteiger partial charge on any atom is 0.354 e. The third-order valence-electron chi connectivity index (χ3n) is 2.74. The molecule has 2 aromatic heterocycles. The Morgan fingerprint density at radius 1 is 1.29 bits per heavy atom. The summed E-state index contributed by atoms with van der Waals surface area (Å²) in [5, 5.41) is 19.2. The molecule has 9 heteroatoms. The first-order chi connectivity index (χ1) is 9.90. The Labute approximate surface area is 119 Å². The van der Waals surface area contributed by atoms with E-state index in [2.05, 4.69) is 25.5 Å². The molecule has 0 saturated heterocycles. The van der Waals surface area contributed by atoms with Crippen LogP contribution in [0.2, 0.25) is 0 Å². The zero-order valence-corrected chi connectivity index (χ0v) is 11.7. The summed E-state index contributed by atoms with van der Waals surface area (Å²) in [5.74, 6) is -1.09. The van der Waals surface area contributed by atoms with E-state index in [0.29, 0.717) is 5.89 Å². The Hall–Kier alpha value is -2.71. The highest BCUT2D eigenvalue weighted by atomic mass is 16.4. The van der Waals surface area contributed by atoms with E-state index in [-0.39, 0.29) is 23.2 Å². The molecule has 0 aliphatic rings. The van der Waals surface area contributed by atoms with E-state index >= 15 is 0 Å². The van der Waals surface area contributed by atoms with Gasteiger partial charge in [0.25, 0.3) is 5.91 Å². The van der Waals surface area contributed by atoms with Crippen molar-refractivity contribution >= 4 is 11.9 Å². The van der Waals surface area contributed by atoms with Crippen LogP contribution in [-0.2, 0) is 0 Å². The molecular formula is C12H15N5O4. The van der Waals surface area contributed by atoms with E-state index in [0.717, 1.165) is 6.33 Å². The van der Waals surface area contributed by atoms with Gasteiger partial charge in [0.1, 0.15) is 6.04 Å². The summed E-state index contributed by atoms with van der Waals surface area (Å²) in [5.41, 5.74) is -0.467. The van der Waals surface area contributed by atoms with Crippen molar-refractivity contribution in [2.75, 3.05) is 0 Å². The van der Waals surface area contributed by atoms with Gasteiger partial charge in [0.2, 0.25) is 11.8 Å². The van der Waals surface area contributed by atoms with Crippen LogP contribution < -0.4 is 5.32 Å². The predicted molar refractivity (Wildman–Crippen MR) is 69.8 cm³/mol. The van der Waals surface area contributed by atoms with Crippen molar-refractivity contribution in [3.63, 3.8) is 0 Å². The highest BCUT2D eigenvalue weighted by Crippen LogP contribution is 2.17. The molecule has 1 atom stereocenters. The van der Waals surface area contributed by atoms with Crippen LogP contribution in [0.3, 0.4) is 0 Å². The molecule has 21 heavy (non-hydrogen) atoms. The first-order valence-electron chi connectivity index (χ1n) is 6.31. The third-order valence-corrected chi connectivity index (χ3v) is 2.74. The number of carbonyl (C=O) groups excluding carboxylic acids is 1. The van der Waals surface area contributed by atoms with Crippen LogP contribution in [0.1, 0.15) is 65.5 Å². The topological polar surface area (TPSA) is 134 Å². The van der Waals surface area contributed by atoms with Crippen LogP contribution in [0.15, 0.2) is 10.7 Å². The summed E-state index contributed by atoms with van der Waals surface area (Å²) in [6.07, 6.45) is 1.15. The summed E-state index contributed by atoms with van der Waals surface area (Å²) < 4.78 is 5.42. The second-order valence-corrected chi connectivity index (χ2v) is 4.76. The highest BCUT2D eigenvalue weighted by molar-refractivity contribution is 6.02. The first kappa shape index (κ1) is 14.7. The molecule has 2 heterocycles. The number of carbonyl (C=O) groups is 2. The number of carboxylic acids is 1. The van der Waals surface area contributed by atoms with Crippen molar-refractivity contribution in [1.29, 1.82) is 0 Å². The Morgan fingerprint density at radius 3 is 2.52 bits per heavy atom. The lowest BCUT2D eigenvalue weighted by atomic mass is 10.2. The molecule has 0 bridgehead atoms. The van der Waals surface area contributed by atoms with Gasteiger partial charge in [-0.25, -0.2) is 9.78 Å². The molecule has 0 saturated carbocycles. The van der Waals surface area contributed by atoms with E-state index < -0.39 is 17.9 Å². The van der Waals surface area contributed by atoms with E-state index in [9.17, 15) is 9.59 Å². The van der Waals surface area contributed by atoms with Gasteiger partial charge in [-0.05, 0) is 6.92 Å². The molecule has 112 valence electrons. The minimum Gasteiger partial charge on any atom is -0.477 e. The van der Waals surface area contributed by atoms with Crippen molar-refractivity contribution in [3.05, 3.63) is 29.5 Å². The number of aromatic nitrogens is 4. The lowest BCUT2D eigenvalue weighted by Gasteiger charge is -2.09. The van der Waals surface area contributed by atoms with Gasteiger partial charge in [-0.15, -0.1) is 10.2 Å². The Morgan fingerprint density at radius 2 is 1.95 bits per heavy atom. The number of nitrogens with one attached hydrogen (secondary N) is 2. The number of nitrogens with zero attached hydrogens (tertiary/aromatic N) is 3. The van der Waals surface area contributed by atoms with E-state index in [1.165, 1.54) is 0 Å². The van der Waals surface area contributed by atoms with Crippen LogP contribution in [0.5, 0.6) is 0 Å². The Bertz CT molecular complexity index is 660. The molecule has 0 aromatic carbocycles. The summed E-state index contributed by atoms with van der Waals surface area (Å²) in [7, 11) is 0. The average molecular weight is 293 g/mol. The monoisotopic (exact) mass is 293 g/mol. The van der Waals surface area contributed by atoms with Gasteiger partial charge in [-0.3, -0.25) is 4.79 Å². The van der Waals surface area contributed by atoms with E-state index in [1.54, 1.807) is 6.92 Å². The number of imidazole rings is 1. The molecule has 3 N–H and O–H groups in total. The van der Waals surface area contributed by atoms with Gasteiger partial charge in [0.15, 0.2) is 11.4 Å². The molecule has 1 amide bonds. The van der Waals surface area contributed by atoms with Gasteiger partial charge in [-0.2, -0.15) is 0 Å². The predicted octanol–water partition coefficient (Wildman–Crippen LogP) is 1.11. The zero-order chi connectivity index (χ0) is 15.6. The minimum atomic E-state index is -1.26. The fourth-order valence-electron chi connectivity index (χ4n) is 1.61. The third kappa shape index (κ3) is 3.07. The van der Waals surface area contributed by atoms with Gasteiger partial charge >= 0.3 is 5.97 Å². The highest BCUT2D eigenvalue weighted by Gasteiger charge is 2.23. The number of hydrogen-bond acceptors (Lipinski definition) is 6. The molecule has 0 fully saturated rings. The number of hydrogen-bond donors (Lipinski definition) is 3. The first-order valence-corrected chi connectivity index (χ1v) is 6.31. The minimum absolute atomic E-state index is 0.0825. The maximum atomic E-state index is 12.0. The lowest BCUT2D eigenvalue weighted by molar-refractivity contribution is 0.0684. The van der Waals surface area contributed by atoms with Crippen LogP contribution in [-0.4, -0.2) is 37.1 Å². The number of amides is 1. The molecule has 0 spiro atoms. The number of aromatic carboxylic acids is 1. The largest absolute Gasteiger partial charge is 0.477 e. The molecule has 2 rings (SSSR count). The molecule has 2 aromatic rings. The number of aromatic amines is 1. The smallest absolute Gasteiger partial charge is 0.354 e. The van der Waals surface area contributed by atoms with Crippen molar-refractivity contribution in [1.82, 2.24) is 25.5 Å². The standard InChI is InChI=1S/C12H15N5O4/c1-5(2)10-16-17-11(21-10)6(3)15-9(18)7-8(12(19)20)14-4-13-7/h4-6H,1-3H3,(H,13,14)(H,15,18)(H,19,20)/t6-/m0/s1. The normalized spacial score (nSPS) is 12.4. The summed E-state index contributed by atoms with van der Waals surface area (Å²) in [6.45, 7) is 5.47. The van der Waals surface area contributed by atoms with Crippen LogP contribution >= 0.6 is 0 Å². The Balaban J connectivity index is 2.11. The maximum absolute atomic E-state index is 12.0. The van der Waals surface area contributed by atoms with Crippen LogP contribution in [0.25, 0.3) is 0 Å². The summed E-state index contributed by atoms with van der Waals surface area (Å²) in [4.78, 5) is 29.0. The van der Waals surface area contributed by atoms with Gasteiger partial charge in [-0.1, -0.05) is 13.8 Å².